The first-order valence-corrected chi connectivity index (χ1v) is 5.75. The zero-order valence-electron chi connectivity index (χ0n) is 9.18. The Morgan fingerprint density at radius 3 is 2.71 bits per heavy atom. The van der Waals surface area contributed by atoms with Crippen molar-refractivity contribution in [3.63, 3.8) is 0 Å². The molecule has 0 spiro atoms. The maximum absolute atomic E-state index is 13.5. The van der Waals surface area contributed by atoms with Gasteiger partial charge in [-0.05, 0) is 18.2 Å². The van der Waals surface area contributed by atoms with Crippen molar-refractivity contribution in [2.75, 3.05) is 12.8 Å². The van der Waals surface area contributed by atoms with Crippen LogP contribution in [0.5, 0.6) is 5.88 Å². The highest BCUT2D eigenvalue weighted by Gasteiger charge is 2.08. The van der Waals surface area contributed by atoms with E-state index in [-0.39, 0.29) is 5.82 Å². The zero-order valence-corrected chi connectivity index (χ0v) is 10.00. The van der Waals surface area contributed by atoms with Crippen molar-refractivity contribution < 1.29 is 9.13 Å². The highest BCUT2D eigenvalue weighted by molar-refractivity contribution is 7.99. The molecule has 2 aromatic rings. The van der Waals surface area contributed by atoms with Gasteiger partial charge >= 0.3 is 0 Å². The van der Waals surface area contributed by atoms with Crippen molar-refractivity contribution in [2.24, 2.45) is 0 Å². The standard InChI is InChI=1S/C12H11FN2OS/c1-16-11-7-6-9(14)12(15-11)17-10-5-3-2-4-8(10)13/h2-7H,14H2,1H3. The van der Waals surface area contributed by atoms with E-state index < -0.39 is 0 Å². The number of hydrogen-bond donors (Lipinski definition) is 1. The first-order valence-electron chi connectivity index (χ1n) is 4.93. The lowest BCUT2D eigenvalue weighted by molar-refractivity contribution is 0.395. The molecule has 0 saturated heterocycles. The Morgan fingerprint density at radius 2 is 2.00 bits per heavy atom. The molecule has 0 aliphatic carbocycles. The molecule has 1 aromatic carbocycles. The second-order valence-electron chi connectivity index (χ2n) is 3.28. The summed E-state index contributed by atoms with van der Waals surface area (Å²) in [6.45, 7) is 0. The van der Waals surface area contributed by atoms with E-state index >= 15 is 0 Å². The molecular formula is C12H11FN2OS. The van der Waals surface area contributed by atoms with E-state index in [1.54, 1.807) is 30.3 Å². The number of nitrogen functional groups attached to an aromatic ring is 1. The predicted molar refractivity (Wildman–Crippen MR) is 65.7 cm³/mol. The average Bonchev–Trinajstić information content (AvgIpc) is 2.35. The molecule has 5 heteroatoms. The summed E-state index contributed by atoms with van der Waals surface area (Å²) in [5.41, 5.74) is 6.28. The van der Waals surface area contributed by atoms with Gasteiger partial charge in [0.15, 0.2) is 0 Å². The molecule has 0 aliphatic rings. The van der Waals surface area contributed by atoms with Gasteiger partial charge in [-0.3, -0.25) is 0 Å². The quantitative estimate of drug-likeness (QED) is 0.909. The summed E-state index contributed by atoms with van der Waals surface area (Å²) >= 11 is 1.18. The number of nitrogens with two attached hydrogens (primary N) is 1. The van der Waals surface area contributed by atoms with Crippen molar-refractivity contribution in [1.82, 2.24) is 4.98 Å². The first kappa shape index (κ1) is 11.7. The van der Waals surface area contributed by atoms with Gasteiger partial charge in [0.2, 0.25) is 5.88 Å². The number of hydrogen-bond acceptors (Lipinski definition) is 4. The van der Waals surface area contributed by atoms with Crippen LogP contribution in [0.2, 0.25) is 0 Å². The fraction of sp³-hybridized carbons (Fsp3) is 0.0833. The third-order valence-corrected chi connectivity index (χ3v) is 3.19. The van der Waals surface area contributed by atoms with Gasteiger partial charge in [0.25, 0.3) is 0 Å². The summed E-state index contributed by atoms with van der Waals surface area (Å²) < 4.78 is 18.5. The largest absolute Gasteiger partial charge is 0.481 e. The van der Waals surface area contributed by atoms with Gasteiger partial charge in [-0.2, -0.15) is 0 Å². The smallest absolute Gasteiger partial charge is 0.214 e. The molecular weight excluding hydrogens is 239 g/mol. The molecule has 0 unspecified atom stereocenters. The molecule has 0 radical (unpaired) electrons. The van der Waals surface area contributed by atoms with Crippen molar-refractivity contribution in [2.45, 2.75) is 9.92 Å². The topological polar surface area (TPSA) is 48.1 Å². The van der Waals surface area contributed by atoms with Crippen LogP contribution in [0.1, 0.15) is 0 Å². The summed E-state index contributed by atoms with van der Waals surface area (Å²) in [5, 5.41) is 0.537. The summed E-state index contributed by atoms with van der Waals surface area (Å²) in [6, 6.07) is 9.85. The SMILES string of the molecule is COc1ccc(N)c(Sc2ccccc2F)n1. The third-order valence-electron chi connectivity index (χ3n) is 2.12. The second kappa shape index (κ2) is 5.05. The lowest BCUT2D eigenvalue weighted by Gasteiger charge is -2.07. The molecule has 17 heavy (non-hydrogen) atoms. The fourth-order valence-corrected chi connectivity index (χ4v) is 2.10. The first-order chi connectivity index (χ1) is 8.20. The Morgan fingerprint density at radius 1 is 1.24 bits per heavy atom. The van der Waals surface area contributed by atoms with Crippen molar-refractivity contribution >= 4 is 17.4 Å². The predicted octanol–water partition coefficient (Wildman–Crippen LogP) is 2.96. The molecule has 0 fully saturated rings. The van der Waals surface area contributed by atoms with Crippen LogP contribution < -0.4 is 10.5 Å². The van der Waals surface area contributed by atoms with Gasteiger partial charge in [0.1, 0.15) is 10.8 Å². The minimum absolute atomic E-state index is 0.290. The molecule has 0 amide bonds. The Balaban J connectivity index is 2.32. The minimum atomic E-state index is -0.290. The maximum atomic E-state index is 13.5. The van der Waals surface area contributed by atoms with Crippen molar-refractivity contribution in [3.8, 4) is 5.88 Å². The molecule has 1 aromatic heterocycles. The van der Waals surface area contributed by atoms with Crippen LogP contribution >= 0.6 is 11.8 Å². The zero-order chi connectivity index (χ0) is 12.3. The van der Waals surface area contributed by atoms with Crippen LogP contribution in [0, 0.1) is 5.82 Å². The number of anilines is 1. The normalized spacial score (nSPS) is 10.2. The average molecular weight is 250 g/mol. The number of rotatable bonds is 3. The van der Waals surface area contributed by atoms with Crippen LogP contribution in [0.3, 0.4) is 0 Å². The van der Waals surface area contributed by atoms with Gasteiger partial charge in [-0.1, -0.05) is 23.9 Å². The highest BCUT2D eigenvalue weighted by atomic mass is 32.2. The van der Waals surface area contributed by atoms with Crippen molar-refractivity contribution in [1.29, 1.82) is 0 Å². The highest BCUT2D eigenvalue weighted by Crippen LogP contribution is 2.33. The minimum Gasteiger partial charge on any atom is -0.481 e. The number of methoxy groups -OCH3 is 1. The van der Waals surface area contributed by atoms with Gasteiger partial charge in [-0.15, -0.1) is 0 Å². The summed E-state index contributed by atoms with van der Waals surface area (Å²) in [6.07, 6.45) is 0. The molecule has 0 bridgehead atoms. The number of nitrogens with zero attached hydrogens (tertiary/aromatic N) is 1. The van der Waals surface area contributed by atoms with E-state index in [1.807, 2.05) is 0 Å². The molecule has 0 aliphatic heterocycles. The second-order valence-corrected chi connectivity index (χ2v) is 4.31. The van der Waals surface area contributed by atoms with E-state index in [0.29, 0.717) is 21.5 Å². The number of aromatic nitrogens is 1. The molecule has 88 valence electrons. The van der Waals surface area contributed by atoms with Crippen molar-refractivity contribution in [3.05, 3.63) is 42.2 Å². The van der Waals surface area contributed by atoms with E-state index in [9.17, 15) is 4.39 Å². The molecule has 0 atom stereocenters. The van der Waals surface area contributed by atoms with Gasteiger partial charge < -0.3 is 10.5 Å². The Labute approximate surface area is 103 Å². The molecule has 1 heterocycles. The Bertz CT molecular complexity index is 534. The molecule has 0 saturated carbocycles. The van der Waals surface area contributed by atoms with Crippen LogP contribution in [0.4, 0.5) is 10.1 Å². The lowest BCUT2D eigenvalue weighted by atomic mass is 10.3. The van der Waals surface area contributed by atoms with Crippen LogP contribution in [0.15, 0.2) is 46.3 Å². The van der Waals surface area contributed by atoms with Crippen LogP contribution in [0.25, 0.3) is 0 Å². The van der Waals surface area contributed by atoms with Crippen LogP contribution in [-0.4, -0.2) is 12.1 Å². The van der Waals surface area contributed by atoms with E-state index in [2.05, 4.69) is 4.98 Å². The monoisotopic (exact) mass is 250 g/mol. The Hall–Kier alpha value is -1.75. The lowest BCUT2D eigenvalue weighted by Crippen LogP contribution is -1.95. The number of ether oxygens (including phenoxy) is 1. The van der Waals surface area contributed by atoms with Gasteiger partial charge in [0, 0.05) is 11.0 Å². The number of pyridine rings is 1. The summed E-state index contributed by atoms with van der Waals surface area (Å²) in [4.78, 5) is 4.66. The van der Waals surface area contributed by atoms with E-state index in [1.165, 1.54) is 24.9 Å². The van der Waals surface area contributed by atoms with Crippen LogP contribution in [-0.2, 0) is 0 Å². The summed E-state index contributed by atoms with van der Waals surface area (Å²) in [7, 11) is 1.52. The molecule has 3 nitrogen and oxygen atoms in total. The fourth-order valence-electron chi connectivity index (χ4n) is 1.26. The third kappa shape index (κ3) is 2.68. The number of benzene rings is 1. The molecule has 2 rings (SSSR count). The van der Waals surface area contributed by atoms with E-state index in [4.69, 9.17) is 10.5 Å². The van der Waals surface area contributed by atoms with Gasteiger partial charge in [0.05, 0.1) is 12.8 Å². The number of halogens is 1. The summed E-state index contributed by atoms with van der Waals surface area (Å²) in [5.74, 6) is 0.166. The molecule has 2 N–H and O–H groups in total. The Kier molecular flexibility index (Phi) is 3.49. The maximum Gasteiger partial charge on any atom is 0.214 e. The van der Waals surface area contributed by atoms with E-state index in [0.717, 1.165) is 0 Å². The van der Waals surface area contributed by atoms with Gasteiger partial charge in [-0.25, -0.2) is 9.37 Å².